The SMILES string of the molecule is Cc1cc(C)n2nc(C(=O)NC(C)Cn3cccn3)nc2n1. The maximum absolute atomic E-state index is 12.2. The maximum atomic E-state index is 12.2. The summed E-state index contributed by atoms with van der Waals surface area (Å²) in [6.07, 6.45) is 3.55. The molecule has 1 N–H and O–H groups in total. The first kappa shape index (κ1) is 14.2. The van der Waals surface area contributed by atoms with Crippen molar-refractivity contribution in [3.63, 3.8) is 0 Å². The van der Waals surface area contributed by atoms with Gasteiger partial charge in [-0.15, -0.1) is 5.10 Å². The van der Waals surface area contributed by atoms with Crippen LogP contribution in [0.1, 0.15) is 28.9 Å². The van der Waals surface area contributed by atoms with E-state index < -0.39 is 0 Å². The molecule has 22 heavy (non-hydrogen) atoms. The second-order valence-electron chi connectivity index (χ2n) is 5.29. The zero-order valence-corrected chi connectivity index (χ0v) is 12.7. The number of rotatable bonds is 4. The summed E-state index contributed by atoms with van der Waals surface area (Å²) in [4.78, 5) is 20.7. The number of carbonyl (C=O) groups is 1. The molecule has 1 unspecified atom stereocenters. The van der Waals surface area contributed by atoms with Gasteiger partial charge in [0, 0.05) is 29.8 Å². The average molecular weight is 299 g/mol. The van der Waals surface area contributed by atoms with E-state index in [0.29, 0.717) is 12.3 Å². The third-order valence-electron chi connectivity index (χ3n) is 3.22. The second kappa shape index (κ2) is 5.55. The molecule has 0 aliphatic rings. The maximum Gasteiger partial charge on any atom is 0.291 e. The number of hydrogen-bond donors (Lipinski definition) is 1. The number of aromatic nitrogens is 6. The Morgan fingerprint density at radius 1 is 1.36 bits per heavy atom. The van der Waals surface area contributed by atoms with Crippen LogP contribution in [0.15, 0.2) is 24.5 Å². The normalized spacial score (nSPS) is 12.5. The van der Waals surface area contributed by atoms with Crippen molar-refractivity contribution in [3.8, 4) is 0 Å². The third kappa shape index (κ3) is 2.80. The fourth-order valence-electron chi connectivity index (χ4n) is 2.29. The van der Waals surface area contributed by atoms with E-state index in [0.717, 1.165) is 11.4 Å². The molecule has 8 heteroatoms. The van der Waals surface area contributed by atoms with Crippen molar-refractivity contribution in [2.24, 2.45) is 0 Å². The molecule has 3 aromatic rings. The number of amides is 1. The summed E-state index contributed by atoms with van der Waals surface area (Å²) in [5.41, 5.74) is 1.73. The van der Waals surface area contributed by atoms with Gasteiger partial charge in [-0.2, -0.15) is 10.1 Å². The monoisotopic (exact) mass is 299 g/mol. The van der Waals surface area contributed by atoms with Crippen molar-refractivity contribution in [2.75, 3.05) is 0 Å². The standard InChI is InChI=1S/C14H17N7O/c1-9-7-11(3)21-14(17-9)18-12(19-21)13(22)16-10(2)8-20-6-4-5-15-20/h4-7,10H,8H2,1-3H3,(H,16,22). The van der Waals surface area contributed by atoms with Crippen LogP contribution in [0.25, 0.3) is 5.78 Å². The Morgan fingerprint density at radius 2 is 2.18 bits per heavy atom. The van der Waals surface area contributed by atoms with Crippen molar-refractivity contribution >= 4 is 11.7 Å². The molecule has 0 spiro atoms. The van der Waals surface area contributed by atoms with Gasteiger partial charge in [0.2, 0.25) is 5.82 Å². The number of nitrogens with zero attached hydrogens (tertiary/aromatic N) is 6. The van der Waals surface area contributed by atoms with Gasteiger partial charge in [-0.1, -0.05) is 0 Å². The van der Waals surface area contributed by atoms with Gasteiger partial charge in [-0.25, -0.2) is 9.50 Å². The molecule has 0 radical (unpaired) electrons. The molecule has 1 atom stereocenters. The van der Waals surface area contributed by atoms with E-state index in [-0.39, 0.29) is 17.8 Å². The van der Waals surface area contributed by atoms with Crippen LogP contribution in [0.4, 0.5) is 0 Å². The fourth-order valence-corrected chi connectivity index (χ4v) is 2.29. The summed E-state index contributed by atoms with van der Waals surface area (Å²) in [5.74, 6) is 0.234. The van der Waals surface area contributed by atoms with Crippen molar-refractivity contribution in [1.82, 2.24) is 34.7 Å². The van der Waals surface area contributed by atoms with Crippen LogP contribution in [0.3, 0.4) is 0 Å². The summed E-state index contributed by atoms with van der Waals surface area (Å²) in [5, 5.41) is 11.2. The van der Waals surface area contributed by atoms with E-state index in [9.17, 15) is 4.79 Å². The van der Waals surface area contributed by atoms with Crippen LogP contribution in [0, 0.1) is 13.8 Å². The number of hydrogen-bond acceptors (Lipinski definition) is 5. The number of nitrogens with one attached hydrogen (secondary N) is 1. The van der Waals surface area contributed by atoms with Gasteiger partial charge < -0.3 is 5.32 Å². The van der Waals surface area contributed by atoms with Crippen molar-refractivity contribution in [1.29, 1.82) is 0 Å². The Balaban J connectivity index is 1.76. The van der Waals surface area contributed by atoms with Gasteiger partial charge >= 0.3 is 0 Å². The zero-order chi connectivity index (χ0) is 15.7. The van der Waals surface area contributed by atoms with Crippen molar-refractivity contribution < 1.29 is 4.79 Å². The van der Waals surface area contributed by atoms with Crippen LogP contribution in [0.2, 0.25) is 0 Å². The van der Waals surface area contributed by atoms with Crippen LogP contribution in [-0.4, -0.2) is 41.3 Å². The topological polar surface area (TPSA) is 90.0 Å². The van der Waals surface area contributed by atoms with E-state index >= 15 is 0 Å². The predicted octanol–water partition coefficient (Wildman–Crippen LogP) is 0.756. The predicted molar refractivity (Wildman–Crippen MR) is 79.4 cm³/mol. The Labute approximate surface area is 127 Å². The lowest BCUT2D eigenvalue weighted by atomic mass is 10.3. The van der Waals surface area contributed by atoms with E-state index in [1.54, 1.807) is 15.4 Å². The highest BCUT2D eigenvalue weighted by atomic mass is 16.2. The first-order chi connectivity index (χ1) is 10.5. The summed E-state index contributed by atoms with van der Waals surface area (Å²) in [6.45, 7) is 6.28. The van der Waals surface area contributed by atoms with Crippen LogP contribution in [-0.2, 0) is 6.54 Å². The Bertz CT molecular complexity index is 806. The highest BCUT2D eigenvalue weighted by molar-refractivity contribution is 5.91. The molecule has 0 aromatic carbocycles. The van der Waals surface area contributed by atoms with E-state index in [1.165, 1.54) is 0 Å². The summed E-state index contributed by atoms with van der Waals surface area (Å²) in [7, 11) is 0. The molecule has 8 nitrogen and oxygen atoms in total. The summed E-state index contributed by atoms with van der Waals surface area (Å²) < 4.78 is 3.33. The molecule has 0 aliphatic carbocycles. The quantitative estimate of drug-likeness (QED) is 0.768. The van der Waals surface area contributed by atoms with Crippen LogP contribution in [0.5, 0.6) is 0 Å². The molecule has 3 aromatic heterocycles. The molecule has 3 rings (SSSR count). The van der Waals surface area contributed by atoms with E-state index in [1.807, 2.05) is 39.1 Å². The number of aryl methyl sites for hydroxylation is 2. The van der Waals surface area contributed by atoms with Gasteiger partial charge in [0.05, 0.1) is 6.54 Å². The van der Waals surface area contributed by atoms with E-state index in [2.05, 4.69) is 25.5 Å². The first-order valence-electron chi connectivity index (χ1n) is 7.02. The fraction of sp³-hybridized carbons (Fsp3) is 0.357. The Morgan fingerprint density at radius 3 is 2.91 bits per heavy atom. The van der Waals surface area contributed by atoms with Crippen LogP contribution < -0.4 is 5.32 Å². The molecular weight excluding hydrogens is 282 g/mol. The minimum Gasteiger partial charge on any atom is -0.345 e. The van der Waals surface area contributed by atoms with Gasteiger partial charge in [0.1, 0.15) is 0 Å². The molecule has 0 aliphatic heterocycles. The minimum atomic E-state index is -0.317. The second-order valence-corrected chi connectivity index (χ2v) is 5.29. The molecule has 0 saturated heterocycles. The largest absolute Gasteiger partial charge is 0.345 e. The smallest absolute Gasteiger partial charge is 0.291 e. The van der Waals surface area contributed by atoms with Gasteiger partial charge in [0.25, 0.3) is 11.7 Å². The number of carbonyl (C=O) groups excluding carboxylic acids is 1. The molecule has 0 bridgehead atoms. The zero-order valence-electron chi connectivity index (χ0n) is 12.7. The first-order valence-corrected chi connectivity index (χ1v) is 7.02. The lowest BCUT2D eigenvalue weighted by Gasteiger charge is -2.12. The lowest BCUT2D eigenvalue weighted by molar-refractivity contribution is 0.0925. The molecule has 0 fully saturated rings. The highest BCUT2D eigenvalue weighted by Crippen LogP contribution is 2.05. The van der Waals surface area contributed by atoms with Gasteiger partial charge in [-0.3, -0.25) is 9.48 Å². The summed E-state index contributed by atoms with van der Waals surface area (Å²) >= 11 is 0. The lowest BCUT2D eigenvalue weighted by Crippen LogP contribution is -2.36. The van der Waals surface area contributed by atoms with Crippen molar-refractivity contribution in [3.05, 3.63) is 41.7 Å². The molecular formula is C14H17N7O. The van der Waals surface area contributed by atoms with Gasteiger partial charge in [0.15, 0.2) is 0 Å². The average Bonchev–Trinajstić information content (AvgIpc) is 3.07. The summed E-state index contributed by atoms with van der Waals surface area (Å²) in [6, 6.07) is 3.65. The Hall–Kier alpha value is -2.77. The Kier molecular flexibility index (Phi) is 3.58. The number of fused-ring (bicyclic) bond motifs is 1. The minimum absolute atomic E-state index is 0.0881. The van der Waals surface area contributed by atoms with Crippen LogP contribution >= 0.6 is 0 Å². The van der Waals surface area contributed by atoms with E-state index in [4.69, 9.17) is 0 Å². The third-order valence-corrected chi connectivity index (χ3v) is 3.22. The molecule has 114 valence electrons. The van der Waals surface area contributed by atoms with Gasteiger partial charge in [-0.05, 0) is 32.9 Å². The molecule has 1 amide bonds. The molecule has 0 saturated carbocycles. The molecule has 3 heterocycles. The van der Waals surface area contributed by atoms with Crippen molar-refractivity contribution in [2.45, 2.75) is 33.4 Å². The highest BCUT2D eigenvalue weighted by Gasteiger charge is 2.17.